The summed E-state index contributed by atoms with van der Waals surface area (Å²) in [5.74, 6) is -0.141. The summed E-state index contributed by atoms with van der Waals surface area (Å²) in [6, 6.07) is 10.00. The Labute approximate surface area is 151 Å². The first-order valence-electron chi connectivity index (χ1n) is 9.25. The maximum Gasteiger partial charge on any atom is 0.240 e. The van der Waals surface area contributed by atoms with Crippen LogP contribution in [0.3, 0.4) is 0 Å². The Bertz CT molecular complexity index is 610. The molecule has 2 atom stereocenters. The van der Waals surface area contributed by atoms with Crippen molar-refractivity contribution in [2.24, 2.45) is 0 Å². The molecule has 0 bridgehead atoms. The highest BCUT2D eigenvalue weighted by Crippen LogP contribution is 2.40. The summed E-state index contributed by atoms with van der Waals surface area (Å²) >= 11 is 0. The number of likely N-dealkylation sites (tertiary alicyclic amines) is 1. The number of allylic oxidation sites excluding steroid dienone is 1. The molecule has 0 N–H and O–H groups in total. The van der Waals surface area contributed by atoms with Crippen molar-refractivity contribution in [3.8, 4) is 0 Å². The second-order valence-corrected chi connectivity index (χ2v) is 6.83. The van der Waals surface area contributed by atoms with Crippen LogP contribution in [0.4, 0.5) is 0 Å². The van der Waals surface area contributed by atoms with Gasteiger partial charge < -0.3 is 4.90 Å². The lowest BCUT2D eigenvalue weighted by Gasteiger charge is -2.29. The predicted molar refractivity (Wildman–Crippen MR) is 101 cm³/mol. The van der Waals surface area contributed by atoms with Gasteiger partial charge in [0.15, 0.2) is 0 Å². The van der Waals surface area contributed by atoms with Crippen LogP contribution in [0.2, 0.25) is 0 Å². The molecule has 0 spiro atoms. The third kappa shape index (κ3) is 3.84. The van der Waals surface area contributed by atoms with Crippen LogP contribution >= 0.6 is 0 Å². The number of hydrogen-bond acceptors (Lipinski definition) is 3. The Hall–Kier alpha value is -1.94. The molecule has 0 radical (unpaired) electrons. The van der Waals surface area contributed by atoms with Crippen molar-refractivity contribution in [1.29, 1.82) is 0 Å². The third-order valence-corrected chi connectivity index (χ3v) is 5.43. The first-order chi connectivity index (χ1) is 12.0. The zero-order chi connectivity index (χ0) is 18.4. The van der Waals surface area contributed by atoms with Gasteiger partial charge in [0.05, 0.1) is 5.41 Å². The van der Waals surface area contributed by atoms with Crippen LogP contribution in [0.5, 0.6) is 0 Å². The van der Waals surface area contributed by atoms with Gasteiger partial charge in [-0.3, -0.25) is 14.5 Å². The van der Waals surface area contributed by atoms with E-state index in [1.54, 1.807) is 6.08 Å². The Morgan fingerprint density at radius 3 is 2.44 bits per heavy atom. The van der Waals surface area contributed by atoms with E-state index in [1.165, 1.54) is 4.90 Å². The van der Waals surface area contributed by atoms with Gasteiger partial charge in [0.2, 0.25) is 11.8 Å². The molecule has 0 aliphatic carbocycles. The van der Waals surface area contributed by atoms with E-state index in [0.29, 0.717) is 19.0 Å². The van der Waals surface area contributed by atoms with Crippen molar-refractivity contribution in [2.75, 3.05) is 19.6 Å². The molecule has 4 nitrogen and oxygen atoms in total. The van der Waals surface area contributed by atoms with Crippen LogP contribution < -0.4 is 0 Å². The number of rotatable bonds is 9. The first-order valence-corrected chi connectivity index (χ1v) is 9.25. The molecule has 1 aliphatic heterocycles. The summed E-state index contributed by atoms with van der Waals surface area (Å²) in [4.78, 5) is 29.6. The number of amides is 2. The van der Waals surface area contributed by atoms with Gasteiger partial charge in [-0.2, -0.15) is 0 Å². The van der Waals surface area contributed by atoms with E-state index in [9.17, 15) is 9.59 Å². The Morgan fingerprint density at radius 2 is 1.88 bits per heavy atom. The monoisotopic (exact) mass is 342 g/mol. The number of nitrogens with zero attached hydrogens (tertiary/aromatic N) is 2. The van der Waals surface area contributed by atoms with Crippen LogP contribution in [0.25, 0.3) is 0 Å². The molecule has 4 heteroatoms. The van der Waals surface area contributed by atoms with Crippen LogP contribution in [-0.2, 0) is 15.0 Å². The van der Waals surface area contributed by atoms with Gasteiger partial charge in [0, 0.05) is 19.0 Å². The van der Waals surface area contributed by atoms with Gasteiger partial charge in [-0.25, -0.2) is 0 Å². The molecule has 0 saturated carbocycles. The molecule has 1 aromatic rings. The lowest BCUT2D eigenvalue weighted by Crippen LogP contribution is -2.41. The zero-order valence-electron chi connectivity index (χ0n) is 15.7. The largest absolute Gasteiger partial charge is 0.301 e. The van der Waals surface area contributed by atoms with E-state index in [4.69, 9.17) is 0 Å². The second-order valence-electron chi connectivity index (χ2n) is 6.83. The minimum atomic E-state index is -0.779. The number of imide groups is 1. The first kappa shape index (κ1) is 19.4. The number of carbonyl (C=O) groups is 2. The molecule has 1 aromatic carbocycles. The van der Waals surface area contributed by atoms with E-state index in [-0.39, 0.29) is 18.2 Å². The Morgan fingerprint density at radius 1 is 1.24 bits per heavy atom. The number of carbonyl (C=O) groups excluding carboxylic acids is 2. The van der Waals surface area contributed by atoms with Crippen molar-refractivity contribution >= 4 is 11.8 Å². The van der Waals surface area contributed by atoms with Gasteiger partial charge in [-0.1, -0.05) is 50.3 Å². The molecule has 25 heavy (non-hydrogen) atoms. The van der Waals surface area contributed by atoms with E-state index < -0.39 is 5.41 Å². The molecule has 136 valence electrons. The van der Waals surface area contributed by atoms with E-state index in [1.807, 2.05) is 30.3 Å². The van der Waals surface area contributed by atoms with Crippen molar-refractivity contribution in [3.05, 3.63) is 48.6 Å². The minimum Gasteiger partial charge on any atom is -0.301 e. The Kier molecular flexibility index (Phi) is 6.54. The summed E-state index contributed by atoms with van der Waals surface area (Å²) < 4.78 is 0. The number of benzene rings is 1. The number of hydrogen-bond donors (Lipinski definition) is 0. The average Bonchev–Trinajstić information content (AvgIpc) is 2.86. The molecule has 2 rings (SSSR count). The van der Waals surface area contributed by atoms with Gasteiger partial charge in [0.1, 0.15) is 0 Å². The quantitative estimate of drug-likeness (QED) is 0.510. The Balaban J connectivity index is 2.18. The van der Waals surface area contributed by atoms with Gasteiger partial charge in [0.25, 0.3) is 0 Å². The van der Waals surface area contributed by atoms with Crippen LogP contribution in [0, 0.1) is 0 Å². The molecule has 1 aliphatic rings. The highest BCUT2D eigenvalue weighted by molar-refractivity contribution is 6.09. The molecule has 2 amide bonds. The topological polar surface area (TPSA) is 40.6 Å². The van der Waals surface area contributed by atoms with E-state index in [2.05, 4.69) is 32.3 Å². The normalized spacial score (nSPS) is 21.8. The average molecular weight is 342 g/mol. The van der Waals surface area contributed by atoms with Crippen molar-refractivity contribution in [2.45, 2.75) is 51.5 Å². The van der Waals surface area contributed by atoms with E-state index >= 15 is 0 Å². The highest BCUT2D eigenvalue weighted by Gasteiger charge is 2.51. The second kappa shape index (κ2) is 8.43. The molecular weight excluding hydrogens is 312 g/mol. The van der Waals surface area contributed by atoms with Gasteiger partial charge in [-0.15, -0.1) is 6.58 Å². The minimum absolute atomic E-state index is 0.0672. The molecule has 2 unspecified atom stereocenters. The fourth-order valence-corrected chi connectivity index (χ4v) is 3.88. The third-order valence-electron chi connectivity index (χ3n) is 5.43. The maximum atomic E-state index is 13.2. The van der Waals surface area contributed by atoms with Crippen LogP contribution in [0.15, 0.2) is 43.0 Å². The summed E-state index contributed by atoms with van der Waals surface area (Å²) in [6.45, 7) is 12.7. The van der Waals surface area contributed by atoms with Crippen LogP contribution in [0.1, 0.15) is 45.6 Å². The van der Waals surface area contributed by atoms with Crippen molar-refractivity contribution in [3.63, 3.8) is 0 Å². The SMILES string of the molecule is C=CCC1(c2ccccc2)CC(=O)N(CCC(C)N(CC)CC)C1=O. The molecule has 0 aromatic heterocycles. The molecule has 1 fully saturated rings. The summed E-state index contributed by atoms with van der Waals surface area (Å²) in [5.41, 5.74) is 0.131. The van der Waals surface area contributed by atoms with Gasteiger partial charge in [-0.05, 0) is 38.4 Å². The van der Waals surface area contributed by atoms with Crippen LogP contribution in [-0.4, -0.2) is 47.3 Å². The zero-order valence-corrected chi connectivity index (χ0v) is 15.7. The molecule has 1 saturated heterocycles. The van der Waals surface area contributed by atoms with E-state index in [0.717, 1.165) is 25.1 Å². The van der Waals surface area contributed by atoms with Gasteiger partial charge >= 0.3 is 0 Å². The summed E-state index contributed by atoms with van der Waals surface area (Å²) in [5, 5.41) is 0. The van der Waals surface area contributed by atoms with Crippen molar-refractivity contribution < 1.29 is 9.59 Å². The smallest absolute Gasteiger partial charge is 0.240 e. The lowest BCUT2D eigenvalue weighted by molar-refractivity contribution is -0.140. The summed E-state index contributed by atoms with van der Waals surface area (Å²) in [6.07, 6.45) is 3.28. The predicted octanol–water partition coefficient (Wildman–Crippen LogP) is 3.38. The summed E-state index contributed by atoms with van der Waals surface area (Å²) in [7, 11) is 0. The molecular formula is C21H30N2O2. The standard InChI is InChI=1S/C21H30N2O2/c1-5-14-21(18-11-9-8-10-12-18)16-19(24)23(20(21)25)15-13-17(4)22(6-2)7-3/h5,8-12,17H,1,6-7,13-16H2,2-4H3. The fourth-order valence-electron chi connectivity index (χ4n) is 3.88. The lowest BCUT2D eigenvalue weighted by atomic mass is 9.76. The highest BCUT2D eigenvalue weighted by atomic mass is 16.2. The maximum absolute atomic E-state index is 13.2. The fraction of sp³-hybridized carbons (Fsp3) is 0.524. The molecule has 1 heterocycles. The van der Waals surface area contributed by atoms with Crippen molar-refractivity contribution in [1.82, 2.24) is 9.80 Å².